The molecule has 0 amide bonds. The Morgan fingerprint density at radius 2 is 0.690 bits per heavy atom. The zero-order chi connectivity index (χ0) is 29.9. The molecule has 0 saturated carbocycles. The van der Waals surface area contributed by atoms with Gasteiger partial charge >= 0.3 is 0 Å². The predicted molar refractivity (Wildman–Crippen MR) is 153 cm³/mol. The second-order valence-electron chi connectivity index (χ2n) is 8.11. The monoisotopic (exact) mass is 542 g/mol. The van der Waals surface area contributed by atoms with E-state index in [0.717, 1.165) is 0 Å². The van der Waals surface area contributed by atoms with E-state index in [2.05, 4.69) is 6.07 Å². The largest absolute Gasteiger partial charge is 0.246 e. The molecule has 0 aliphatic rings. The SMILES string of the molecule is N#C/C=C/c1nc2c3nc(/C=C/C#N)c(/C=C/C#N)nc3c3nc(CCC#N)c(/C=C/C#N)nc3c2nc1/C=C/C#N. The van der Waals surface area contributed by atoms with E-state index in [1.165, 1.54) is 60.8 Å². The number of hydrogen-bond acceptors (Lipinski definition) is 12. The fourth-order valence-corrected chi connectivity index (χ4v) is 3.96. The van der Waals surface area contributed by atoms with Crippen LogP contribution >= 0.6 is 0 Å². The highest BCUT2D eigenvalue weighted by molar-refractivity contribution is 6.18. The number of hydrogen-bond donors (Lipinski definition) is 0. The molecule has 12 nitrogen and oxygen atoms in total. The zero-order valence-electron chi connectivity index (χ0n) is 21.6. The highest BCUT2D eigenvalue weighted by atomic mass is 14.9. The van der Waals surface area contributed by atoms with Gasteiger partial charge in [-0.15, -0.1) is 0 Å². The van der Waals surface area contributed by atoms with Crippen LogP contribution in [0.5, 0.6) is 0 Å². The average molecular weight is 543 g/mol. The van der Waals surface area contributed by atoms with Crippen LogP contribution in [0.2, 0.25) is 0 Å². The Kier molecular flexibility index (Phi) is 8.70. The van der Waals surface area contributed by atoms with Gasteiger partial charge in [0.1, 0.15) is 33.1 Å². The second-order valence-corrected chi connectivity index (χ2v) is 8.11. The van der Waals surface area contributed by atoms with Crippen LogP contribution in [0.1, 0.15) is 40.6 Å². The summed E-state index contributed by atoms with van der Waals surface area (Å²) in [4.78, 5) is 28.4. The minimum atomic E-state index is 0.140. The van der Waals surface area contributed by atoms with Crippen LogP contribution in [-0.4, -0.2) is 29.9 Å². The molecule has 0 aliphatic heterocycles. The topological polar surface area (TPSA) is 220 Å². The maximum atomic E-state index is 9.20. The third-order valence-corrected chi connectivity index (χ3v) is 5.63. The van der Waals surface area contributed by atoms with E-state index in [-0.39, 0.29) is 68.7 Å². The van der Waals surface area contributed by atoms with Gasteiger partial charge in [-0.25, -0.2) is 29.9 Å². The molecule has 194 valence electrons. The van der Waals surface area contributed by atoms with Crippen LogP contribution < -0.4 is 0 Å². The standard InChI is InChI=1S/C30H14N12/c31-13-1-7-19-20(8-2-14-32)38-26-25(37-19)27-29(41-22(10-4-16-34)21(39-27)9-3-15-33)30-28(26)40-23(11-5-17-35)24(42-30)12-6-18-36/h1-5,7-11H,6,12H2/b7-1+,8-2+,9-3+,10-4+,11-5+. The third kappa shape index (κ3) is 5.65. The van der Waals surface area contributed by atoms with Gasteiger partial charge in [-0.3, -0.25) is 0 Å². The minimum absolute atomic E-state index is 0.140. The summed E-state index contributed by atoms with van der Waals surface area (Å²) in [6.45, 7) is 0. The summed E-state index contributed by atoms with van der Waals surface area (Å²) in [7, 11) is 0. The van der Waals surface area contributed by atoms with E-state index in [1.54, 1.807) is 0 Å². The van der Waals surface area contributed by atoms with Crippen molar-refractivity contribution in [3.8, 4) is 36.4 Å². The predicted octanol–water partition coefficient (Wildman–Crippen LogP) is 4.66. The van der Waals surface area contributed by atoms with Gasteiger partial charge in [0.15, 0.2) is 0 Å². The molecule has 4 aromatic rings. The van der Waals surface area contributed by atoms with Crippen LogP contribution in [-0.2, 0) is 6.42 Å². The number of nitrogens with zero attached hydrogens (tertiary/aromatic N) is 12. The van der Waals surface area contributed by atoms with Gasteiger partial charge < -0.3 is 0 Å². The van der Waals surface area contributed by atoms with Gasteiger partial charge in [0, 0.05) is 43.2 Å². The Hall–Kier alpha value is -7.12. The van der Waals surface area contributed by atoms with Crippen molar-refractivity contribution in [3.05, 3.63) is 64.5 Å². The maximum absolute atomic E-state index is 9.20. The van der Waals surface area contributed by atoms with Crippen LogP contribution in [0.25, 0.3) is 63.5 Å². The molecule has 0 atom stereocenters. The van der Waals surface area contributed by atoms with E-state index >= 15 is 0 Å². The Bertz CT molecular complexity index is 2100. The summed E-state index contributed by atoms with van der Waals surface area (Å²) >= 11 is 0. The van der Waals surface area contributed by atoms with Gasteiger partial charge in [-0.2, -0.15) is 31.6 Å². The number of aromatic nitrogens is 6. The Morgan fingerprint density at radius 3 is 1.00 bits per heavy atom. The molecule has 0 bridgehead atoms. The van der Waals surface area contributed by atoms with Gasteiger partial charge in [-0.1, -0.05) is 0 Å². The summed E-state index contributed by atoms with van der Waals surface area (Å²) in [5, 5.41) is 54.8. The van der Waals surface area contributed by atoms with Gasteiger partial charge in [0.2, 0.25) is 0 Å². The third-order valence-electron chi connectivity index (χ3n) is 5.63. The first-order valence-electron chi connectivity index (χ1n) is 12.0. The maximum Gasteiger partial charge on any atom is 0.120 e. The minimum Gasteiger partial charge on any atom is -0.246 e. The van der Waals surface area contributed by atoms with Crippen molar-refractivity contribution < 1.29 is 0 Å². The lowest BCUT2D eigenvalue weighted by atomic mass is 10.1. The molecule has 0 saturated heterocycles. The number of aryl methyl sites for hydroxylation is 1. The average Bonchev–Trinajstić information content (AvgIpc) is 3.01. The summed E-state index contributed by atoms with van der Waals surface area (Å²) in [6, 6.07) is 11.6. The highest BCUT2D eigenvalue weighted by Crippen LogP contribution is 2.32. The molecule has 0 unspecified atom stereocenters. The zero-order valence-corrected chi connectivity index (χ0v) is 21.6. The van der Waals surface area contributed by atoms with Gasteiger partial charge in [-0.05, 0) is 30.4 Å². The fourth-order valence-electron chi connectivity index (χ4n) is 3.96. The smallest absolute Gasteiger partial charge is 0.120 e. The molecule has 42 heavy (non-hydrogen) atoms. The molecule has 1 aromatic carbocycles. The van der Waals surface area contributed by atoms with E-state index in [0.29, 0.717) is 11.4 Å². The number of nitriles is 6. The molecule has 0 radical (unpaired) electrons. The van der Waals surface area contributed by atoms with Crippen LogP contribution in [0.15, 0.2) is 30.4 Å². The normalized spacial score (nSPS) is 11.4. The highest BCUT2D eigenvalue weighted by Gasteiger charge is 2.21. The van der Waals surface area contributed by atoms with Crippen molar-refractivity contribution in [2.75, 3.05) is 0 Å². The molecule has 0 fully saturated rings. The first-order chi connectivity index (χ1) is 20.6. The number of rotatable bonds is 7. The van der Waals surface area contributed by atoms with E-state index in [1.807, 2.05) is 30.3 Å². The summed E-state index contributed by atoms with van der Waals surface area (Å²) < 4.78 is 0. The van der Waals surface area contributed by atoms with E-state index < -0.39 is 0 Å². The summed E-state index contributed by atoms with van der Waals surface area (Å²) in [5.41, 5.74) is 3.40. The van der Waals surface area contributed by atoms with Gasteiger partial charge in [0.05, 0.1) is 70.6 Å². The molecule has 0 N–H and O–H groups in total. The van der Waals surface area contributed by atoms with Gasteiger partial charge in [0.25, 0.3) is 0 Å². The van der Waals surface area contributed by atoms with Crippen molar-refractivity contribution in [1.82, 2.24) is 29.9 Å². The fraction of sp³-hybridized carbons (Fsp3) is 0.0667. The quantitative estimate of drug-likeness (QED) is 0.230. The number of benzene rings is 1. The molecular formula is C30H14N12. The Morgan fingerprint density at radius 1 is 0.405 bits per heavy atom. The molecule has 12 heteroatoms. The molecule has 0 aliphatic carbocycles. The lowest BCUT2D eigenvalue weighted by Gasteiger charge is -2.13. The second kappa shape index (κ2) is 13.1. The number of allylic oxidation sites excluding steroid dienone is 5. The molecular weight excluding hydrogens is 528 g/mol. The van der Waals surface area contributed by atoms with Crippen LogP contribution in [0.4, 0.5) is 0 Å². The summed E-state index contributed by atoms with van der Waals surface area (Å²) in [6.07, 6.45) is 13.7. The Labute approximate surface area is 238 Å². The first-order valence-corrected chi connectivity index (χ1v) is 12.0. The Balaban J connectivity index is 2.31. The van der Waals surface area contributed by atoms with Crippen molar-refractivity contribution in [2.45, 2.75) is 12.8 Å². The van der Waals surface area contributed by atoms with Crippen LogP contribution in [0, 0.1) is 68.0 Å². The lowest BCUT2D eigenvalue weighted by molar-refractivity contribution is 0.944. The molecule has 4 rings (SSSR count). The molecule has 3 aromatic heterocycles. The number of fused-ring (bicyclic) bond motifs is 6. The van der Waals surface area contributed by atoms with Crippen molar-refractivity contribution in [2.24, 2.45) is 0 Å². The van der Waals surface area contributed by atoms with E-state index in [9.17, 15) is 5.26 Å². The van der Waals surface area contributed by atoms with Crippen molar-refractivity contribution >= 4 is 63.5 Å². The summed E-state index contributed by atoms with van der Waals surface area (Å²) in [5.74, 6) is 0. The molecule has 0 spiro atoms. The van der Waals surface area contributed by atoms with E-state index in [4.69, 9.17) is 56.2 Å². The molecule has 3 heterocycles. The van der Waals surface area contributed by atoms with Crippen molar-refractivity contribution in [1.29, 1.82) is 31.6 Å². The van der Waals surface area contributed by atoms with Crippen molar-refractivity contribution in [3.63, 3.8) is 0 Å². The lowest BCUT2D eigenvalue weighted by Crippen LogP contribution is -2.05. The first kappa shape index (κ1) is 27.9. The van der Waals surface area contributed by atoms with Crippen LogP contribution in [0.3, 0.4) is 0 Å².